The van der Waals surface area contributed by atoms with E-state index in [1.54, 1.807) is 24.3 Å². The normalized spacial score (nSPS) is 11.5. The molecule has 9 heteroatoms. The average Bonchev–Trinajstić information content (AvgIpc) is 3.04. The Labute approximate surface area is 196 Å². The molecule has 0 unspecified atom stereocenters. The van der Waals surface area contributed by atoms with Gasteiger partial charge in [0.25, 0.3) is 5.91 Å². The van der Waals surface area contributed by atoms with Crippen molar-refractivity contribution in [2.24, 2.45) is 4.99 Å². The van der Waals surface area contributed by atoms with Crippen molar-refractivity contribution in [2.45, 2.75) is 33.7 Å². The topological polar surface area (TPSA) is 71.3 Å². The highest BCUT2D eigenvalue weighted by molar-refractivity contribution is 6.31. The van der Waals surface area contributed by atoms with Crippen molar-refractivity contribution in [1.29, 1.82) is 0 Å². The highest BCUT2D eigenvalue weighted by Crippen LogP contribution is 2.19. The quantitative estimate of drug-likeness (QED) is 0.369. The largest absolute Gasteiger partial charge is 0.326 e. The second-order valence-corrected chi connectivity index (χ2v) is 8.00. The van der Waals surface area contributed by atoms with Crippen LogP contribution in [0, 0.1) is 19.7 Å². The lowest BCUT2D eigenvalue weighted by Gasteiger charge is -2.12. The molecule has 0 atom stereocenters. The zero-order chi connectivity index (χ0) is 23.3. The van der Waals surface area contributed by atoms with Crippen LogP contribution in [0.4, 0.5) is 10.1 Å². The van der Waals surface area contributed by atoms with Gasteiger partial charge in [0.1, 0.15) is 5.82 Å². The van der Waals surface area contributed by atoms with Crippen LogP contribution in [0.1, 0.15) is 34.2 Å². The van der Waals surface area contributed by atoms with Crippen LogP contribution in [0.3, 0.4) is 0 Å². The molecule has 1 heterocycles. The summed E-state index contributed by atoms with van der Waals surface area (Å²) in [5.41, 5.74) is 4.12. The van der Waals surface area contributed by atoms with E-state index in [2.05, 4.69) is 20.7 Å². The maximum atomic E-state index is 13.5. The van der Waals surface area contributed by atoms with Gasteiger partial charge in [0.05, 0.1) is 10.7 Å². The van der Waals surface area contributed by atoms with Crippen LogP contribution in [0.15, 0.2) is 47.5 Å². The summed E-state index contributed by atoms with van der Waals surface area (Å²) < 4.78 is 15.5. The third-order valence-electron chi connectivity index (χ3n) is 4.98. The van der Waals surface area contributed by atoms with Gasteiger partial charge in [0, 0.05) is 35.1 Å². The van der Waals surface area contributed by atoms with Gasteiger partial charge in [-0.1, -0.05) is 23.2 Å². The number of carbonyl (C=O) groups excluding carboxylic acids is 1. The first-order chi connectivity index (χ1) is 15.3. The van der Waals surface area contributed by atoms with E-state index in [9.17, 15) is 9.18 Å². The molecule has 0 fully saturated rings. The number of anilines is 1. The van der Waals surface area contributed by atoms with E-state index in [0.29, 0.717) is 29.2 Å². The predicted molar refractivity (Wildman–Crippen MR) is 127 cm³/mol. The molecule has 6 nitrogen and oxygen atoms in total. The van der Waals surface area contributed by atoms with E-state index in [-0.39, 0.29) is 16.9 Å². The number of nitrogens with zero attached hydrogens (tertiary/aromatic N) is 3. The summed E-state index contributed by atoms with van der Waals surface area (Å²) in [5.74, 6) is -0.655. The molecule has 2 aromatic carbocycles. The van der Waals surface area contributed by atoms with Gasteiger partial charge < -0.3 is 5.32 Å². The Morgan fingerprint density at radius 1 is 1.16 bits per heavy atom. The number of aliphatic imine (C=N–C) groups is 1. The zero-order valence-corrected chi connectivity index (χ0v) is 19.6. The van der Waals surface area contributed by atoms with E-state index < -0.39 is 5.82 Å². The lowest BCUT2D eigenvalue weighted by atomic mass is 10.1. The number of nitrogens with one attached hydrogen (secondary N) is 2. The third kappa shape index (κ3) is 5.87. The average molecular weight is 476 g/mol. The number of aromatic nitrogens is 2. The first kappa shape index (κ1) is 23.8. The summed E-state index contributed by atoms with van der Waals surface area (Å²) in [6.07, 6.45) is 0.657. The summed E-state index contributed by atoms with van der Waals surface area (Å²) >= 11 is 11.8. The maximum Gasteiger partial charge on any atom is 0.257 e. The molecule has 3 aromatic rings. The molecule has 3 rings (SSSR count). The molecule has 0 radical (unpaired) electrons. The Balaban J connectivity index is 1.80. The third-order valence-corrected chi connectivity index (χ3v) is 5.52. The Kier molecular flexibility index (Phi) is 7.88. The van der Waals surface area contributed by atoms with Crippen LogP contribution in [0.25, 0.3) is 0 Å². The van der Waals surface area contributed by atoms with E-state index in [1.165, 1.54) is 18.2 Å². The number of amides is 1. The monoisotopic (exact) mass is 475 g/mol. The van der Waals surface area contributed by atoms with E-state index >= 15 is 0 Å². The number of rotatable bonds is 6. The summed E-state index contributed by atoms with van der Waals surface area (Å²) in [4.78, 5) is 17.2. The van der Waals surface area contributed by atoms with Gasteiger partial charge in [-0.25, -0.2) is 4.39 Å². The first-order valence-electron chi connectivity index (χ1n) is 10.1. The minimum Gasteiger partial charge on any atom is -0.326 e. The van der Waals surface area contributed by atoms with E-state index in [0.717, 1.165) is 23.5 Å². The minimum atomic E-state index is -0.528. The fourth-order valence-corrected chi connectivity index (χ4v) is 3.59. The van der Waals surface area contributed by atoms with Gasteiger partial charge in [-0.15, -0.1) is 0 Å². The Hall–Kier alpha value is -2.90. The Morgan fingerprint density at radius 3 is 2.50 bits per heavy atom. The summed E-state index contributed by atoms with van der Waals surface area (Å²) in [7, 11) is 0. The van der Waals surface area contributed by atoms with Crippen LogP contribution in [-0.2, 0) is 13.0 Å². The number of hydrogen-bond acceptors (Lipinski definition) is 3. The van der Waals surface area contributed by atoms with Crippen LogP contribution in [-0.4, -0.2) is 28.2 Å². The van der Waals surface area contributed by atoms with Crippen LogP contribution >= 0.6 is 23.2 Å². The number of guanidine groups is 1. The molecular formula is C23H24Cl2FN5O. The second kappa shape index (κ2) is 10.6. The van der Waals surface area contributed by atoms with Gasteiger partial charge in [-0.05, 0) is 75.2 Å². The van der Waals surface area contributed by atoms with E-state index in [4.69, 9.17) is 23.2 Å². The molecule has 0 spiro atoms. The summed E-state index contributed by atoms with van der Waals surface area (Å²) in [6.45, 7) is 7.26. The lowest BCUT2D eigenvalue weighted by Crippen LogP contribution is -2.36. The maximum absolute atomic E-state index is 13.5. The van der Waals surface area contributed by atoms with Gasteiger partial charge >= 0.3 is 0 Å². The summed E-state index contributed by atoms with van der Waals surface area (Å²) in [5, 5.41) is 10.8. The molecule has 1 amide bonds. The van der Waals surface area contributed by atoms with Crippen molar-refractivity contribution in [3.63, 3.8) is 0 Å². The molecule has 0 saturated carbocycles. The van der Waals surface area contributed by atoms with Gasteiger partial charge in [-0.3, -0.25) is 19.8 Å². The molecule has 2 N–H and O–H groups in total. The molecule has 0 saturated heterocycles. The number of benzene rings is 2. The molecule has 0 aliphatic rings. The first-order valence-corrected chi connectivity index (χ1v) is 10.9. The predicted octanol–water partition coefficient (Wildman–Crippen LogP) is 5.41. The van der Waals surface area contributed by atoms with Gasteiger partial charge in [0.2, 0.25) is 5.96 Å². The van der Waals surface area contributed by atoms with Crippen molar-refractivity contribution >= 4 is 40.8 Å². The van der Waals surface area contributed by atoms with Crippen LogP contribution < -0.4 is 10.6 Å². The fourth-order valence-electron chi connectivity index (χ4n) is 3.29. The molecule has 1 aromatic heterocycles. The van der Waals surface area contributed by atoms with Crippen LogP contribution in [0.2, 0.25) is 10.0 Å². The Morgan fingerprint density at radius 2 is 1.88 bits per heavy atom. The second-order valence-electron chi connectivity index (χ2n) is 7.16. The van der Waals surface area contributed by atoms with Gasteiger partial charge in [-0.2, -0.15) is 5.10 Å². The van der Waals surface area contributed by atoms with Gasteiger partial charge in [0.15, 0.2) is 0 Å². The van der Waals surface area contributed by atoms with Crippen molar-refractivity contribution < 1.29 is 9.18 Å². The number of aryl methyl sites for hydroxylation is 2. The van der Waals surface area contributed by atoms with Crippen molar-refractivity contribution in [1.82, 2.24) is 15.1 Å². The SMILES string of the molecule is CCn1nc(C)c(CCN=C(NC(=O)c2ccc(Cl)cc2)Nc2ccc(F)c(Cl)c2)c1C. The highest BCUT2D eigenvalue weighted by atomic mass is 35.5. The van der Waals surface area contributed by atoms with Crippen molar-refractivity contribution in [3.8, 4) is 0 Å². The Bertz CT molecular complexity index is 1140. The molecule has 0 aliphatic heterocycles. The fraction of sp³-hybridized carbons (Fsp3) is 0.261. The lowest BCUT2D eigenvalue weighted by molar-refractivity contribution is 0.0977. The van der Waals surface area contributed by atoms with Crippen LogP contribution in [0.5, 0.6) is 0 Å². The summed E-state index contributed by atoms with van der Waals surface area (Å²) in [6, 6.07) is 10.7. The molecule has 0 aliphatic carbocycles. The van der Waals surface area contributed by atoms with Crippen molar-refractivity contribution in [2.75, 3.05) is 11.9 Å². The highest BCUT2D eigenvalue weighted by Gasteiger charge is 2.13. The standard InChI is InChI=1S/C23H24Cl2FN5O/c1-4-31-15(3)19(14(2)30-31)11-12-27-23(28-18-9-10-21(26)20(25)13-18)29-22(32)16-5-7-17(24)8-6-16/h5-10,13H,4,11-12H2,1-3H3,(H2,27,28,29,32). The van der Waals surface area contributed by atoms with E-state index in [1.807, 2.05) is 25.5 Å². The van der Waals surface area contributed by atoms with Crippen molar-refractivity contribution in [3.05, 3.63) is 80.8 Å². The smallest absolute Gasteiger partial charge is 0.257 e. The minimum absolute atomic E-state index is 0.0309. The molecule has 168 valence electrons. The number of hydrogen-bond donors (Lipinski definition) is 2. The molecular weight excluding hydrogens is 452 g/mol. The molecule has 0 bridgehead atoms. The zero-order valence-electron chi connectivity index (χ0n) is 18.0. The number of halogens is 3. The number of carbonyl (C=O) groups is 1. The molecule has 32 heavy (non-hydrogen) atoms.